The van der Waals surface area contributed by atoms with Crippen molar-refractivity contribution in [2.24, 2.45) is 0 Å². The fourth-order valence-corrected chi connectivity index (χ4v) is 2.06. The van der Waals surface area contributed by atoms with Crippen LogP contribution in [0.25, 0.3) is 0 Å². The summed E-state index contributed by atoms with van der Waals surface area (Å²) in [5.74, 6) is 0. The lowest BCUT2D eigenvalue weighted by atomic mass is 10.2. The van der Waals surface area contributed by atoms with Gasteiger partial charge in [-0.15, -0.1) is 0 Å². The number of alkyl carbamates (subject to hydrolysis) is 1. The molecule has 1 aromatic rings. The van der Waals surface area contributed by atoms with Gasteiger partial charge in [-0.05, 0) is 40.3 Å². The molecule has 1 rings (SSSR count). The molecule has 0 heterocycles. The summed E-state index contributed by atoms with van der Waals surface area (Å²) in [4.78, 5) is 13.8. The Balaban J connectivity index is 2.14. The predicted octanol–water partition coefficient (Wildman–Crippen LogP) is 2.62. The number of ether oxygens (including phenoxy) is 1. The molecule has 0 saturated carbocycles. The fourth-order valence-electron chi connectivity index (χ4n) is 2.06. The average molecular weight is 321 g/mol. The summed E-state index contributed by atoms with van der Waals surface area (Å²) < 4.78 is 5.18. The monoisotopic (exact) mass is 321 g/mol. The summed E-state index contributed by atoms with van der Waals surface area (Å²) in [6, 6.07) is 10.9. The number of amides is 1. The van der Waals surface area contributed by atoms with Crippen molar-refractivity contribution >= 4 is 6.09 Å². The molecule has 0 aliphatic carbocycles. The van der Waals surface area contributed by atoms with Crippen LogP contribution in [0, 0.1) is 0 Å². The van der Waals surface area contributed by atoms with Gasteiger partial charge in [0.05, 0.1) is 0 Å². The Kier molecular flexibility index (Phi) is 8.06. The molecule has 0 fully saturated rings. The van der Waals surface area contributed by atoms with Crippen molar-refractivity contribution in [1.29, 1.82) is 0 Å². The predicted molar refractivity (Wildman–Crippen MR) is 94.5 cm³/mol. The van der Waals surface area contributed by atoms with Crippen LogP contribution in [0.1, 0.15) is 33.3 Å². The number of likely N-dealkylation sites (N-methyl/N-ethyl adjacent to an activating group) is 1. The normalized spacial score (nSPS) is 13.0. The third-order valence-electron chi connectivity index (χ3n) is 3.44. The number of nitrogens with zero attached hydrogens (tertiary/aromatic N) is 1. The standard InChI is InChI=1S/C18H31N3O2/c1-15(21(5)14-16-9-7-6-8-10-16)13-19-11-12-20-17(22)23-18(2,3)4/h6-10,15,19H,11-14H2,1-5H3,(H,20,22). The minimum Gasteiger partial charge on any atom is -0.444 e. The second-order valence-electron chi connectivity index (χ2n) is 6.88. The van der Waals surface area contributed by atoms with Crippen LogP contribution < -0.4 is 10.6 Å². The van der Waals surface area contributed by atoms with Crippen molar-refractivity contribution in [3.8, 4) is 0 Å². The van der Waals surface area contributed by atoms with Crippen LogP contribution in [0.4, 0.5) is 4.79 Å². The average Bonchev–Trinajstić information content (AvgIpc) is 2.45. The molecule has 2 N–H and O–H groups in total. The van der Waals surface area contributed by atoms with E-state index in [4.69, 9.17) is 4.74 Å². The van der Waals surface area contributed by atoms with E-state index >= 15 is 0 Å². The molecular weight excluding hydrogens is 290 g/mol. The molecule has 0 aliphatic heterocycles. The van der Waals surface area contributed by atoms with Gasteiger partial charge >= 0.3 is 6.09 Å². The van der Waals surface area contributed by atoms with Gasteiger partial charge in [-0.2, -0.15) is 0 Å². The number of benzene rings is 1. The van der Waals surface area contributed by atoms with Crippen molar-refractivity contribution in [2.45, 2.75) is 45.9 Å². The Labute approximate surface area is 140 Å². The number of hydrogen-bond donors (Lipinski definition) is 2. The summed E-state index contributed by atoms with van der Waals surface area (Å²) in [6.45, 7) is 10.8. The molecule has 0 aliphatic rings. The van der Waals surface area contributed by atoms with Gasteiger partial charge in [0.25, 0.3) is 0 Å². The summed E-state index contributed by atoms with van der Waals surface area (Å²) in [5, 5.41) is 6.10. The van der Waals surface area contributed by atoms with Crippen molar-refractivity contribution in [3.63, 3.8) is 0 Å². The summed E-state index contributed by atoms with van der Waals surface area (Å²) in [6.07, 6.45) is -0.367. The van der Waals surface area contributed by atoms with Crippen molar-refractivity contribution < 1.29 is 9.53 Å². The second kappa shape index (κ2) is 9.53. The van der Waals surface area contributed by atoms with E-state index in [2.05, 4.69) is 53.8 Å². The van der Waals surface area contributed by atoms with Crippen LogP contribution in [-0.2, 0) is 11.3 Å². The molecule has 1 unspecified atom stereocenters. The number of nitrogens with one attached hydrogen (secondary N) is 2. The van der Waals surface area contributed by atoms with Crippen molar-refractivity contribution in [2.75, 3.05) is 26.7 Å². The van der Waals surface area contributed by atoms with E-state index in [9.17, 15) is 4.79 Å². The van der Waals surface area contributed by atoms with Gasteiger partial charge in [0.2, 0.25) is 0 Å². The molecule has 23 heavy (non-hydrogen) atoms. The first kappa shape index (κ1) is 19.5. The number of carbonyl (C=O) groups excluding carboxylic acids is 1. The molecule has 130 valence electrons. The Morgan fingerprint density at radius 3 is 2.48 bits per heavy atom. The first-order valence-electron chi connectivity index (χ1n) is 8.19. The summed E-state index contributed by atoms with van der Waals surface area (Å²) >= 11 is 0. The van der Waals surface area contributed by atoms with Crippen LogP contribution >= 0.6 is 0 Å². The number of rotatable bonds is 8. The van der Waals surface area contributed by atoms with Gasteiger partial charge in [-0.25, -0.2) is 4.79 Å². The van der Waals surface area contributed by atoms with Crippen LogP contribution in [0.2, 0.25) is 0 Å². The van der Waals surface area contributed by atoms with E-state index in [-0.39, 0.29) is 6.09 Å². The zero-order chi connectivity index (χ0) is 17.3. The molecule has 5 nitrogen and oxygen atoms in total. The molecule has 1 amide bonds. The van der Waals surface area contributed by atoms with E-state index < -0.39 is 5.60 Å². The summed E-state index contributed by atoms with van der Waals surface area (Å²) in [5.41, 5.74) is 0.861. The first-order valence-corrected chi connectivity index (χ1v) is 8.19. The van der Waals surface area contributed by atoms with E-state index in [0.717, 1.165) is 19.6 Å². The quantitative estimate of drug-likeness (QED) is 0.723. The maximum absolute atomic E-state index is 11.5. The Hall–Kier alpha value is -1.59. The van der Waals surface area contributed by atoms with Crippen molar-refractivity contribution in [1.82, 2.24) is 15.5 Å². The van der Waals surface area contributed by atoms with E-state index in [1.807, 2.05) is 26.8 Å². The van der Waals surface area contributed by atoms with E-state index in [0.29, 0.717) is 12.6 Å². The second-order valence-corrected chi connectivity index (χ2v) is 6.88. The zero-order valence-electron chi connectivity index (χ0n) is 15.1. The highest BCUT2D eigenvalue weighted by atomic mass is 16.6. The molecule has 0 bridgehead atoms. The Morgan fingerprint density at radius 2 is 1.87 bits per heavy atom. The highest BCUT2D eigenvalue weighted by Gasteiger charge is 2.15. The molecule has 0 aromatic heterocycles. The van der Waals surface area contributed by atoms with Gasteiger partial charge in [-0.3, -0.25) is 4.90 Å². The molecule has 1 atom stereocenters. The SMILES string of the molecule is CC(CNCCNC(=O)OC(C)(C)C)N(C)Cc1ccccc1. The minimum atomic E-state index is -0.452. The third-order valence-corrected chi connectivity index (χ3v) is 3.44. The van der Waals surface area contributed by atoms with Crippen LogP contribution in [0.5, 0.6) is 0 Å². The molecule has 0 spiro atoms. The molecular formula is C18H31N3O2. The Bertz CT molecular complexity index is 457. The van der Waals surface area contributed by atoms with Gasteiger partial charge in [-0.1, -0.05) is 30.3 Å². The van der Waals surface area contributed by atoms with Gasteiger partial charge < -0.3 is 15.4 Å². The van der Waals surface area contributed by atoms with Crippen LogP contribution in [-0.4, -0.2) is 49.3 Å². The third kappa shape index (κ3) is 9.21. The lowest BCUT2D eigenvalue weighted by molar-refractivity contribution is 0.0528. The minimum absolute atomic E-state index is 0.367. The smallest absolute Gasteiger partial charge is 0.407 e. The molecule has 0 radical (unpaired) electrons. The lowest BCUT2D eigenvalue weighted by Crippen LogP contribution is -2.41. The number of hydrogen-bond acceptors (Lipinski definition) is 4. The van der Waals surface area contributed by atoms with E-state index in [1.54, 1.807) is 0 Å². The lowest BCUT2D eigenvalue weighted by Gasteiger charge is -2.25. The van der Waals surface area contributed by atoms with Gasteiger partial charge in [0.1, 0.15) is 5.60 Å². The van der Waals surface area contributed by atoms with Gasteiger partial charge in [0.15, 0.2) is 0 Å². The molecule has 1 aromatic carbocycles. The van der Waals surface area contributed by atoms with Crippen LogP contribution in [0.15, 0.2) is 30.3 Å². The Morgan fingerprint density at radius 1 is 1.22 bits per heavy atom. The largest absolute Gasteiger partial charge is 0.444 e. The molecule has 0 saturated heterocycles. The van der Waals surface area contributed by atoms with Crippen molar-refractivity contribution in [3.05, 3.63) is 35.9 Å². The first-order chi connectivity index (χ1) is 10.8. The zero-order valence-corrected chi connectivity index (χ0v) is 15.1. The topological polar surface area (TPSA) is 53.6 Å². The number of carbonyl (C=O) groups is 1. The van der Waals surface area contributed by atoms with Gasteiger partial charge in [0, 0.05) is 32.2 Å². The maximum atomic E-state index is 11.5. The van der Waals surface area contributed by atoms with Crippen LogP contribution in [0.3, 0.4) is 0 Å². The molecule has 5 heteroatoms. The highest BCUT2D eigenvalue weighted by molar-refractivity contribution is 5.67. The highest BCUT2D eigenvalue weighted by Crippen LogP contribution is 2.06. The maximum Gasteiger partial charge on any atom is 0.407 e. The van der Waals surface area contributed by atoms with E-state index in [1.165, 1.54) is 5.56 Å². The summed E-state index contributed by atoms with van der Waals surface area (Å²) in [7, 11) is 2.12. The fraction of sp³-hybridized carbons (Fsp3) is 0.611.